The molecule has 1 aliphatic heterocycles. The zero-order chi connectivity index (χ0) is 19.6. The predicted octanol–water partition coefficient (Wildman–Crippen LogP) is 3.20. The van der Waals surface area contributed by atoms with Crippen molar-refractivity contribution in [2.45, 2.75) is 12.5 Å². The van der Waals surface area contributed by atoms with Gasteiger partial charge in [0.15, 0.2) is 17.5 Å². The van der Waals surface area contributed by atoms with Crippen molar-refractivity contribution >= 4 is 39.0 Å². The monoisotopic (exact) mass is 408 g/mol. The van der Waals surface area contributed by atoms with E-state index in [-0.39, 0.29) is 11.4 Å². The molecule has 0 saturated carbocycles. The van der Waals surface area contributed by atoms with Crippen LogP contribution in [0.15, 0.2) is 42.3 Å². The highest BCUT2D eigenvalue weighted by molar-refractivity contribution is 7.17. The van der Waals surface area contributed by atoms with Gasteiger partial charge in [0.1, 0.15) is 11.6 Å². The van der Waals surface area contributed by atoms with Crippen LogP contribution in [-0.4, -0.2) is 44.1 Å². The fourth-order valence-electron chi connectivity index (χ4n) is 3.24. The summed E-state index contributed by atoms with van der Waals surface area (Å²) in [6.07, 6.45) is 7.10. The zero-order valence-electron chi connectivity index (χ0n) is 15.3. The van der Waals surface area contributed by atoms with Gasteiger partial charge in [-0.25, -0.2) is 24.3 Å². The van der Waals surface area contributed by atoms with Crippen LogP contribution < -0.4 is 16.0 Å². The number of hydrogen-bond donors (Lipinski definition) is 3. The molecule has 0 spiro atoms. The third kappa shape index (κ3) is 3.59. The lowest BCUT2D eigenvalue weighted by atomic mass is 10.2. The number of aromatic nitrogens is 5. The Hall–Kier alpha value is -3.24. The Balaban J connectivity index is 1.54. The third-order valence-electron chi connectivity index (χ3n) is 4.64. The summed E-state index contributed by atoms with van der Waals surface area (Å²) in [7, 11) is 0. The highest BCUT2D eigenvalue weighted by Crippen LogP contribution is 2.32. The van der Waals surface area contributed by atoms with Gasteiger partial charge in [-0.05, 0) is 30.5 Å². The van der Waals surface area contributed by atoms with E-state index in [0.717, 1.165) is 35.5 Å². The van der Waals surface area contributed by atoms with E-state index in [1.165, 1.54) is 18.6 Å². The number of pyridine rings is 1. The smallest absolute Gasteiger partial charge is 0.176 e. The number of halogens is 1. The van der Waals surface area contributed by atoms with Gasteiger partial charge in [-0.3, -0.25) is 4.98 Å². The van der Waals surface area contributed by atoms with E-state index < -0.39 is 5.82 Å². The van der Waals surface area contributed by atoms with Crippen molar-refractivity contribution in [3.05, 3.63) is 48.1 Å². The molecule has 1 aliphatic rings. The summed E-state index contributed by atoms with van der Waals surface area (Å²) in [5, 5.41) is 11.6. The number of anilines is 3. The van der Waals surface area contributed by atoms with Crippen molar-refractivity contribution in [1.82, 2.24) is 30.2 Å². The first-order valence-electron chi connectivity index (χ1n) is 9.18. The maximum atomic E-state index is 15.2. The second kappa shape index (κ2) is 7.64. The van der Waals surface area contributed by atoms with Gasteiger partial charge in [0.2, 0.25) is 0 Å². The fraction of sp³-hybridized carbons (Fsp3) is 0.211. The van der Waals surface area contributed by atoms with Crippen LogP contribution in [0.25, 0.3) is 21.6 Å². The van der Waals surface area contributed by atoms with Crippen LogP contribution in [0, 0.1) is 5.82 Å². The summed E-state index contributed by atoms with van der Waals surface area (Å²) in [5.41, 5.74) is 1.06. The Kier molecular flexibility index (Phi) is 4.70. The highest BCUT2D eigenvalue weighted by atomic mass is 32.1. The number of nitrogens with one attached hydrogen (secondary N) is 3. The average molecular weight is 408 g/mol. The summed E-state index contributed by atoms with van der Waals surface area (Å²) in [4.78, 5) is 21.4. The van der Waals surface area contributed by atoms with E-state index in [9.17, 15) is 0 Å². The van der Waals surface area contributed by atoms with Crippen LogP contribution in [0.4, 0.5) is 21.8 Å². The first-order valence-corrected chi connectivity index (χ1v) is 10.1. The lowest BCUT2D eigenvalue weighted by molar-refractivity contribution is 0.628. The molecule has 4 aromatic heterocycles. The Morgan fingerprint density at radius 3 is 2.90 bits per heavy atom. The SMILES string of the molecule is Fc1c(-c2nc(NC3CCNC3)c3sccc3n2)ccnc1Nc1cnccn1. The van der Waals surface area contributed by atoms with Crippen molar-refractivity contribution in [3.63, 3.8) is 0 Å². The lowest BCUT2D eigenvalue weighted by Crippen LogP contribution is -2.23. The molecule has 0 aromatic carbocycles. The molecule has 0 radical (unpaired) electrons. The molecule has 5 heterocycles. The molecule has 3 N–H and O–H groups in total. The molecule has 0 amide bonds. The molecular weight excluding hydrogens is 391 g/mol. The van der Waals surface area contributed by atoms with Gasteiger partial charge in [0.05, 0.1) is 22.0 Å². The quantitative estimate of drug-likeness (QED) is 0.463. The minimum Gasteiger partial charge on any atom is -0.365 e. The first-order chi connectivity index (χ1) is 14.3. The Morgan fingerprint density at radius 1 is 1.10 bits per heavy atom. The second-order valence-corrected chi connectivity index (χ2v) is 7.52. The normalized spacial score (nSPS) is 16.2. The number of nitrogens with zero attached hydrogens (tertiary/aromatic N) is 5. The number of rotatable bonds is 5. The molecule has 1 atom stereocenters. The number of hydrogen-bond acceptors (Lipinski definition) is 9. The molecule has 1 fully saturated rings. The molecule has 146 valence electrons. The summed E-state index contributed by atoms with van der Waals surface area (Å²) < 4.78 is 16.2. The standard InChI is InChI=1S/C19H17FN8S/c20-15-12(2-5-24-18(15)27-14-10-22-6-7-23-14)17-26-13-3-8-29-16(13)19(28-17)25-11-1-4-21-9-11/h2-3,5-8,10-11,21H,1,4,9H2,(H,23,24,27)(H,25,26,28). The minimum atomic E-state index is -0.541. The van der Waals surface area contributed by atoms with Crippen LogP contribution in [0.2, 0.25) is 0 Å². The van der Waals surface area contributed by atoms with Crippen molar-refractivity contribution in [3.8, 4) is 11.4 Å². The Labute approximate surface area is 169 Å². The topological polar surface area (TPSA) is 101 Å². The van der Waals surface area contributed by atoms with Crippen LogP contribution in [0.1, 0.15) is 6.42 Å². The molecule has 0 bridgehead atoms. The van der Waals surface area contributed by atoms with Gasteiger partial charge in [0.25, 0.3) is 0 Å². The van der Waals surface area contributed by atoms with E-state index in [1.807, 2.05) is 11.4 Å². The largest absolute Gasteiger partial charge is 0.365 e. The maximum Gasteiger partial charge on any atom is 0.176 e. The van der Waals surface area contributed by atoms with Gasteiger partial charge in [-0.1, -0.05) is 0 Å². The average Bonchev–Trinajstić information content (AvgIpc) is 3.42. The van der Waals surface area contributed by atoms with Crippen molar-refractivity contribution in [2.75, 3.05) is 23.7 Å². The number of thiophene rings is 1. The molecule has 1 saturated heterocycles. The van der Waals surface area contributed by atoms with E-state index in [2.05, 4.69) is 40.9 Å². The second-order valence-electron chi connectivity index (χ2n) is 6.60. The summed E-state index contributed by atoms with van der Waals surface area (Å²) in [6, 6.07) is 3.78. The van der Waals surface area contributed by atoms with Crippen LogP contribution in [-0.2, 0) is 0 Å². The molecule has 29 heavy (non-hydrogen) atoms. The van der Waals surface area contributed by atoms with E-state index in [1.54, 1.807) is 23.6 Å². The van der Waals surface area contributed by atoms with Crippen LogP contribution in [0.5, 0.6) is 0 Å². The first kappa shape index (κ1) is 17.8. The van der Waals surface area contributed by atoms with E-state index in [4.69, 9.17) is 0 Å². The van der Waals surface area contributed by atoms with Crippen LogP contribution in [0.3, 0.4) is 0 Å². The molecule has 10 heteroatoms. The van der Waals surface area contributed by atoms with Gasteiger partial charge >= 0.3 is 0 Å². The summed E-state index contributed by atoms with van der Waals surface area (Å²) >= 11 is 1.57. The van der Waals surface area contributed by atoms with Crippen LogP contribution >= 0.6 is 11.3 Å². The van der Waals surface area contributed by atoms with Crippen molar-refractivity contribution in [1.29, 1.82) is 0 Å². The number of fused-ring (bicyclic) bond motifs is 1. The predicted molar refractivity (Wildman–Crippen MR) is 111 cm³/mol. The third-order valence-corrected chi connectivity index (χ3v) is 5.55. The van der Waals surface area contributed by atoms with Gasteiger partial charge in [-0.2, -0.15) is 0 Å². The maximum absolute atomic E-state index is 15.2. The summed E-state index contributed by atoms with van der Waals surface area (Å²) in [6.45, 7) is 1.85. The Morgan fingerprint density at radius 2 is 2.07 bits per heavy atom. The molecule has 1 unspecified atom stereocenters. The van der Waals surface area contributed by atoms with E-state index >= 15 is 4.39 Å². The van der Waals surface area contributed by atoms with Gasteiger partial charge in [0, 0.05) is 31.2 Å². The van der Waals surface area contributed by atoms with Crippen molar-refractivity contribution in [2.24, 2.45) is 0 Å². The molecule has 0 aliphatic carbocycles. The molecular formula is C19H17FN8S. The van der Waals surface area contributed by atoms with Crippen molar-refractivity contribution < 1.29 is 4.39 Å². The molecule has 5 rings (SSSR count). The summed E-state index contributed by atoms with van der Waals surface area (Å²) in [5.74, 6) is 0.953. The lowest BCUT2D eigenvalue weighted by Gasteiger charge is -2.14. The Bertz CT molecular complexity index is 1140. The van der Waals surface area contributed by atoms with Gasteiger partial charge < -0.3 is 16.0 Å². The highest BCUT2D eigenvalue weighted by Gasteiger charge is 2.20. The molecule has 4 aromatic rings. The fourth-order valence-corrected chi connectivity index (χ4v) is 4.03. The minimum absolute atomic E-state index is 0.0477. The molecule has 8 nitrogen and oxygen atoms in total. The van der Waals surface area contributed by atoms with Gasteiger partial charge in [-0.15, -0.1) is 11.3 Å². The van der Waals surface area contributed by atoms with E-state index in [0.29, 0.717) is 17.7 Å². The zero-order valence-corrected chi connectivity index (χ0v) is 16.1.